The number of carbonyl (C=O) groups excluding carboxylic acids is 1. The fourth-order valence-corrected chi connectivity index (χ4v) is 3.42. The Hall–Kier alpha value is -3.13. The monoisotopic (exact) mass is 379 g/mol. The minimum absolute atomic E-state index is 0.0479. The van der Waals surface area contributed by atoms with E-state index in [9.17, 15) is 9.59 Å². The summed E-state index contributed by atoms with van der Waals surface area (Å²) in [6.07, 6.45) is 2.46. The zero-order valence-electron chi connectivity index (χ0n) is 14.5. The number of amides is 1. The number of carbonyl (C=O) groups is 1. The first-order valence-electron chi connectivity index (χ1n) is 8.63. The van der Waals surface area contributed by atoms with Crippen LogP contribution in [0.2, 0.25) is 0 Å². The minimum Gasteiger partial charge on any atom is -0.352 e. The molecule has 2 heterocycles. The first-order chi connectivity index (χ1) is 13.2. The van der Waals surface area contributed by atoms with E-state index in [-0.39, 0.29) is 11.5 Å². The Morgan fingerprint density at radius 3 is 2.85 bits per heavy atom. The molecular formula is C19H17N5O2S. The number of benzene rings is 2. The quantitative estimate of drug-likeness (QED) is 0.556. The van der Waals surface area contributed by atoms with E-state index in [1.807, 2.05) is 36.4 Å². The molecule has 0 saturated carbocycles. The van der Waals surface area contributed by atoms with Crippen molar-refractivity contribution in [3.63, 3.8) is 0 Å². The molecule has 0 saturated heterocycles. The van der Waals surface area contributed by atoms with E-state index in [2.05, 4.69) is 19.0 Å². The lowest BCUT2D eigenvalue weighted by molar-refractivity contribution is -0.121. The molecule has 27 heavy (non-hydrogen) atoms. The fourth-order valence-electron chi connectivity index (χ4n) is 2.90. The zero-order valence-corrected chi connectivity index (χ0v) is 15.3. The van der Waals surface area contributed by atoms with Gasteiger partial charge in [0.2, 0.25) is 5.91 Å². The molecule has 0 spiro atoms. The first-order valence-corrected chi connectivity index (χ1v) is 9.36. The standard InChI is InChI=1S/C19H17N5O2S/c25-18(20-11-13-7-8-16-17(10-13)23-27-22-16)6-3-9-24-12-21-15-5-2-1-4-14(15)19(24)26/h1-2,4-5,7-8,10,12H,3,6,9,11H2,(H,20,25). The maximum Gasteiger partial charge on any atom is 0.261 e. The van der Waals surface area contributed by atoms with E-state index in [0.29, 0.717) is 36.8 Å². The van der Waals surface area contributed by atoms with Crippen LogP contribution in [0.1, 0.15) is 18.4 Å². The van der Waals surface area contributed by atoms with Crippen LogP contribution in [-0.2, 0) is 17.9 Å². The van der Waals surface area contributed by atoms with Gasteiger partial charge >= 0.3 is 0 Å². The van der Waals surface area contributed by atoms with Gasteiger partial charge in [0, 0.05) is 19.5 Å². The van der Waals surface area contributed by atoms with Crippen LogP contribution in [0.25, 0.3) is 21.9 Å². The molecule has 0 atom stereocenters. The minimum atomic E-state index is -0.0776. The van der Waals surface area contributed by atoms with Crippen LogP contribution in [0, 0.1) is 0 Å². The van der Waals surface area contributed by atoms with Crippen molar-refractivity contribution < 1.29 is 4.79 Å². The number of hydrogen-bond donors (Lipinski definition) is 1. The van der Waals surface area contributed by atoms with Crippen molar-refractivity contribution in [1.82, 2.24) is 23.6 Å². The average molecular weight is 379 g/mol. The van der Waals surface area contributed by atoms with Gasteiger partial charge in [-0.25, -0.2) is 4.98 Å². The van der Waals surface area contributed by atoms with E-state index in [1.54, 1.807) is 17.0 Å². The molecule has 0 radical (unpaired) electrons. The van der Waals surface area contributed by atoms with Crippen LogP contribution in [0.5, 0.6) is 0 Å². The smallest absolute Gasteiger partial charge is 0.261 e. The van der Waals surface area contributed by atoms with Gasteiger partial charge < -0.3 is 5.32 Å². The second kappa shape index (κ2) is 7.63. The third-order valence-electron chi connectivity index (χ3n) is 4.34. The Morgan fingerprint density at radius 1 is 1.07 bits per heavy atom. The molecule has 4 rings (SSSR count). The Morgan fingerprint density at radius 2 is 1.93 bits per heavy atom. The van der Waals surface area contributed by atoms with Crippen LogP contribution in [0.3, 0.4) is 0 Å². The lowest BCUT2D eigenvalue weighted by atomic mass is 10.2. The Kier molecular flexibility index (Phi) is 4.88. The maximum atomic E-state index is 12.4. The predicted molar refractivity (Wildman–Crippen MR) is 104 cm³/mol. The van der Waals surface area contributed by atoms with Gasteiger partial charge in [-0.15, -0.1) is 0 Å². The molecule has 0 unspecified atom stereocenters. The van der Waals surface area contributed by atoms with Crippen LogP contribution < -0.4 is 10.9 Å². The van der Waals surface area contributed by atoms with Crippen LogP contribution in [-0.4, -0.2) is 24.2 Å². The molecule has 4 aromatic rings. The Balaban J connectivity index is 1.30. The summed E-state index contributed by atoms with van der Waals surface area (Å²) in [5, 5.41) is 3.49. The Bertz CT molecular complexity index is 1170. The molecule has 1 N–H and O–H groups in total. The SMILES string of the molecule is O=C(CCCn1cnc2ccccc2c1=O)NCc1ccc2nsnc2c1. The Labute approximate surface area is 159 Å². The number of nitrogens with zero attached hydrogens (tertiary/aromatic N) is 4. The predicted octanol–water partition coefficient (Wildman–Crippen LogP) is 2.50. The molecule has 7 nitrogen and oxygen atoms in total. The van der Waals surface area contributed by atoms with Crippen molar-refractivity contribution in [3.8, 4) is 0 Å². The molecule has 0 bridgehead atoms. The van der Waals surface area contributed by atoms with Gasteiger partial charge in [-0.05, 0) is 36.2 Å². The summed E-state index contributed by atoms with van der Waals surface area (Å²) in [6, 6.07) is 13.0. The second-order valence-electron chi connectivity index (χ2n) is 6.23. The van der Waals surface area contributed by atoms with E-state index in [4.69, 9.17) is 0 Å². The molecule has 136 valence electrons. The molecular weight excluding hydrogens is 362 g/mol. The molecule has 2 aromatic carbocycles. The van der Waals surface area contributed by atoms with Gasteiger partial charge in [-0.1, -0.05) is 18.2 Å². The number of aryl methyl sites for hydroxylation is 1. The number of rotatable bonds is 6. The van der Waals surface area contributed by atoms with E-state index in [0.717, 1.165) is 16.6 Å². The number of nitrogens with one attached hydrogen (secondary N) is 1. The van der Waals surface area contributed by atoms with Crippen LogP contribution in [0.15, 0.2) is 53.6 Å². The van der Waals surface area contributed by atoms with Gasteiger partial charge in [-0.2, -0.15) is 8.75 Å². The van der Waals surface area contributed by atoms with Crippen molar-refractivity contribution in [3.05, 3.63) is 64.7 Å². The zero-order chi connectivity index (χ0) is 18.6. The van der Waals surface area contributed by atoms with Crippen LogP contribution >= 0.6 is 11.7 Å². The van der Waals surface area contributed by atoms with Crippen molar-refractivity contribution in [2.24, 2.45) is 0 Å². The molecule has 1 amide bonds. The largest absolute Gasteiger partial charge is 0.352 e. The number of fused-ring (bicyclic) bond motifs is 2. The highest BCUT2D eigenvalue weighted by Crippen LogP contribution is 2.13. The van der Waals surface area contributed by atoms with E-state index < -0.39 is 0 Å². The third-order valence-corrected chi connectivity index (χ3v) is 4.90. The summed E-state index contributed by atoms with van der Waals surface area (Å²) < 4.78 is 9.91. The van der Waals surface area contributed by atoms with E-state index in [1.165, 1.54) is 11.7 Å². The number of hydrogen-bond acceptors (Lipinski definition) is 6. The van der Waals surface area contributed by atoms with Gasteiger partial charge in [-0.3, -0.25) is 14.2 Å². The number of para-hydroxylation sites is 1. The molecule has 0 aliphatic carbocycles. The summed E-state index contributed by atoms with van der Waals surface area (Å²) in [5.74, 6) is -0.0479. The highest BCUT2D eigenvalue weighted by Gasteiger charge is 2.06. The second-order valence-corrected chi connectivity index (χ2v) is 6.76. The molecule has 0 aliphatic heterocycles. The van der Waals surface area contributed by atoms with Gasteiger partial charge in [0.05, 0.1) is 29.0 Å². The van der Waals surface area contributed by atoms with E-state index >= 15 is 0 Å². The van der Waals surface area contributed by atoms with Crippen molar-refractivity contribution in [1.29, 1.82) is 0 Å². The summed E-state index contributed by atoms with van der Waals surface area (Å²) in [7, 11) is 0. The summed E-state index contributed by atoms with van der Waals surface area (Å²) in [6.45, 7) is 0.907. The van der Waals surface area contributed by atoms with Gasteiger partial charge in [0.15, 0.2) is 0 Å². The highest BCUT2D eigenvalue weighted by molar-refractivity contribution is 7.00. The van der Waals surface area contributed by atoms with Crippen molar-refractivity contribution in [2.45, 2.75) is 25.9 Å². The molecule has 2 aromatic heterocycles. The normalized spacial score (nSPS) is 11.1. The summed E-state index contributed by atoms with van der Waals surface area (Å²) in [4.78, 5) is 28.8. The topological polar surface area (TPSA) is 89.8 Å². The third kappa shape index (κ3) is 3.85. The summed E-state index contributed by atoms with van der Waals surface area (Å²) >= 11 is 1.18. The van der Waals surface area contributed by atoms with Gasteiger partial charge in [0.25, 0.3) is 5.56 Å². The van der Waals surface area contributed by atoms with Crippen molar-refractivity contribution >= 4 is 39.6 Å². The number of aromatic nitrogens is 4. The molecule has 8 heteroatoms. The highest BCUT2D eigenvalue weighted by atomic mass is 32.1. The maximum absolute atomic E-state index is 12.4. The average Bonchev–Trinajstić information content (AvgIpc) is 3.16. The lowest BCUT2D eigenvalue weighted by Crippen LogP contribution is -2.24. The summed E-state index contributed by atoms with van der Waals surface area (Å²) in [5.41, 5.74) is 3.30. The van der Waals surface area contributed by atoms with Crippen molar-refractivity contribution in [2.75, 3.05) is 0 Å². The van der Waals surface area contributed by atoms with Gasteiger partial charge in [0.1, 0.15) is 11.0 Å². The lowest BCUT2D eigenvalue weighted by Gasteiger charge is -2.08. The molecule has 0 aliphatic rings. The molecule has 0 fully saturated rings. The fraction of sp³-hybridized carbons (Fsp3) is 0.211. The van der Waals surface area contributed by atoms with Crippen LogP contribution in [0.4, 0.5) is 0 Å². The first kappa shape index (κ1) is 17.3.